The fourth-order valence-corrected chi connectivity index (χ4v) is 2.79. The smallest absolute Gasteiger partial charge is 0.226 e. The zero-order chi connectivity index (χ0) is 15.5. The summed E-state index contributed by atoms with van der Waals surface area (Å²) in [5, 5.41) is 3.42. The molecule has 1 aromatic heterocycles. The lowest BCUT2D eigenvalue weighted by Gasteiger charge is -2.21. The van der Waals surface area contributed by atoms with Crippen LogP contribution in [0.4, 0.5) is 5.95 Å². The summed E-state index contributed by atoms with van der Waals surface area (Å²) >= 11 is 0. The summed E-state index contributed by atoms with van der Waals surface area (Å²) in [7, 11) is 0. The number of rotatable bonds is 2. The molecule has 0 unspecified atom stereocenters. The highest BCUT2D eigenvalue weighted by atomic mass is 15.3. The van der Waals surface area contributed by atoms with Crippen molar-refractivity contribution in [3.05, 3.63) is 41.1 Å². The number of hydrogen-bond acceptors (Lipinski definition) is 4. The first-order valence-corrected chi connectivity index (χ1v) is 8.02. The second-order valence-electron chi connectivity index (χ2n) is 6.08. The highest BCUT2D eigenvalue weighted by molar-refractivity contribution is 5.62. The van der Waals surface area contributed by atoms with Gasteiger partial charge in [0.25, 0.3) is 0 Å². The largest absolute Gasteiger partial charge is 0.339 e. The molecule has 3 rings (SSSR count). The number of hydrogen-bond donors (Lipinski definition) is 1. The van der Waals surface area contributed by atoms with Gasteiger partial charge in [-0.05, 0) is 57.0 Å². The van der Waals surface area contributed by atoms with E-state index >= 15 is 0 Å². The van der Waals surface area contributed by atoms with E-state index in [9.17, 15) is 0 Å². The second-order valence-corrected chi connectivity index (χ2v) is 6.08. The van der Waals surface area contributed by atoms with Crippen LogP contribution in [-0.2, 0) is 0 Å². The van der Waals surface area contributed by atoms with Gasteiger partial charge in [-0.2, -0.15) is 0 Å². The van der Waals surface area contributed by atoms with E-state index in [0.717, 1.165) is 49.9 Å². The minimum absolute atomic E-state index is 0.858. The van der Waals surface area contributed by atoms with E-state index < -0.39 is 0 Å². The summed E-state index contributed by atoms with van der Waals surface area (Å²) in [5.41, 5.74) is 5.82. The van der Waals surface area contributed by atoms with Gasteiger partial charge in [-0.1, -0.05) is 12.1 Å². The normalized spacial score (nSPS) is 15.7. The van der Waals surface area contributed by atoms with Crippen LogP contribution in [0.15, 0.2) is 24.3 Å². The summed E-state index contributed by atoms with van der Waals surface area (Å²) in [6, 6.07) is 8.60. The van der Waals surface area contributed by atoms with Crippen molar-refractivity contribution in [3.63, 3.8) is 0 Å². The average Bonchev–Trinajstić information content (AvgIpc) is 2.78. The van der Waals surface area contributed by atoms with Gasteiger partial charge >= 0.3 is 0 Å². The first-order chi connectivity index (χ1) is 10.6. The van der Waals surface area contributed by atoms with Gasteiger partial charge in [0.15, 0.2) is 0 Å². The van der Waals surface area contributed by atoms with Crippen LogP contribution in [0.1, 0.15) is 23.2 Å². The standard InChI is InChI=1S/C18H24N4/c1-13-5-6-16(11-14(13)2)17-12-15(3)20-18(21-17)22-9-4-7-19-8-10-22/h5-6,11-12,19H,4,7-10H2,1-3H3. The van der Waals surface area contributed by atoms with Gasteiger partial charge in [0.2, 0.25) is 5.95 Å². The zero-order valence-electron chi connectivity index (χ0n) is 13.7. The predicted molar refractivity (Wildman–Crippen MR) is 91.4 cm³/mol. The zero-order valence-corrected chi connectivity index (χ0v) is 13.7. The molecule has 1 fully saturated rings. The van der Waals surface area contributed by atoms with E-state index in [1.54, 1.807) is 0 Å². The van der Waals surface area contributed by atoms with Gasteiger partial charge in [0.1, 0.15) is 0 Å². The first kappa shape index (κ1) is 15.0. The molecular formula is C18H24N4. The molecule has 0 spiro atoms. The Bertz CT molecular complexity index is 658. The quantitative estimate of drug-likeness (QED) is 0.925. The van der Waals surface area contributed by atoms with Crippen LogP contribution in [0.3, 0.4) is 0 Å². The van der Waals surface area contributed by atoms with Crippen molar-refractivity contribution in [3.8, 4) is 11.3 Å². The van der Waals surface area contributed by atoms with E-state index in [-0.39, 0.29) is 0 Å². The third-order valence-electron chi connectivity index (χ3n) is 4.27. The maximum Gasteiger partial charge on any atom is 0.226 e. The molecule has 1 N–H and O–H groups in total. The van der Waals surface area contributed by atoms with Crippen molar-refractivity contribution in [2.45, 2.75) is 27.2 Å². The van der Waals surface area contributed by atoms with Gasteiger partial charge in [-0.3, -0.25) is 0 Å². The topological polar surface area (TPSA) is 41.1 Å². The van der Waals surface area contributed by atoms with E-state index in [2.05, 4.69) is 53.3 Å². The lowest BCUT2D eigenvalue weighted by atomic mass is 10.0. The molecule has 2 heterocycles. The van der Waals surface area contributed by atoms with Crippen molar-refractivity contribution < 1.29 is 0 Å². The maximum absolute atomic E-state index is 4.83. The fourth-order valence-electron chi connectivity index (χ4n) is 2.79. The lowest BCUT2D eigenvalue weighted by molar-refractivity contribution is 0.724. The monoisotopic (exact) mass is 296 g/mol. The molecule has 1 saturated heterocycles. The highest BCUT2D eigenvalue weighted by Crippen LogP contribution is 2.23. The molecule has 1 aliphatic heterocycles. The Morgan fingerprint density at radius 2 is 1.82 bits per heavy atom. The van der Waals surface area contributed by atoms with Crippen LogP contribution in [0.25, 0.3) is 11.3 Å². The minimum Gasteiger partial charge on any atom is -0.339 e. The summed E-state index contributed by atoms with van der Waals surface area (Å²) in [6.07, 6.45) is 1.14. The lowest BCUT2D eigenvalue weighted by Crippen LogP contribution is -2.29. The molecule has 4 nitrogen and oxygen atoms in total. The molecule has 1 aliphatic rings. The molecule has 0 radical (unpaired) electrons. The summed E-state index contributed by atoms with van der Waals surface area (Å²) in [4.78, 5) is 11.8. The van der Waals surface area contributed by atoms with Crippen molar-refractivity contribution in [2.24, 2.45) is 0 Å². The SMILES string of the molecule is Cc1cc(-c2ccc(C)c(C)c2)nc(N2CCCNCC2)n1. The maximum atomic E-state index is 4.83. The Labute approximate surface area is 132 Å². The Kier molecular flexibility index (Phi) is 4.39. The number of nitrogens with zero attached hydrogens (tertiary/aromatic N) is 3. The molecule has 1 aromatic carbocycles. The van der Waals surface area contributed by atoms with Crippen LogP contribution in [0.5, 0.6) is 0 Å². The molecular weight excluding hydrogens is 272 g/mol. The molecule has 2 aromatic rings. The van der Waals surface area contributed by atoms with Gasteiger partial charge < -0.3 is 10.2 Å². The molecule has 116 valence electrons. The Morgan fingerprint density at radius 1 is 0.955 bits per heavy atom. The number of benzene rings is 1. The highest BCUT2D eigenvalue weighted by Gasteiger charge is 2.14. The van der Waals surface area contributed by atoms with Gasteiger partial charge in [0, 0.05) is 30.9 Å². The second kappa shape index (κ2) is 6.44. The summed E-state index contributed by atoms with van der Waals surface area (Å²) < 4.78 is 0. The Hall–Kier alpha value is -1.94. The molecule has 4 heteroatoms. The van der Waals surface area contributed by atoms with E-state index in [0.29, 0.717) is 0 Å². The average molecular weight is 296 g/mol. The third kappa shape index (κ3) is 3.28. The number of anilines is 1. The van der Waals surface area contributed by atoms with Crippen LogP contribution in [0.2, 0.25) is 0 Å². The molecule has 0 saturated carbocycles. The van der Waals surface area contributed by atoms with Crippen LogP contribution >= 0.6 is 0 Å². The van der Waals surface area contributed by atoms with Gasteiger partial charge in [-0.25, -0.2) is 9.97 Å². The minimum atomic E-state index is 0.858. The van der Waals surface area contributed by atoms with Crippen molar-refractivity contribution in [2.75, 3.05) is 31.1 Å². The predicted octanol–water partition coefficient (Wildman–Crippen LogP) is 2.87. The number of nitrogens with one attached hydrogen (secondary N) is 1. The first-order valence-electron chi connectivity index (χ1n) is 8.02. The third-order valence-corrected chi connectivity index (χ3v) is 4.27. The van der Waals surface area contributed by atoms with Crippen molar-refractivity contribution in [1.29, 1.82) is 0 Å². The van der Waals surface area contributed by atoms with Gasteiger partial charge in [-0.15, -0.1) is 0 Å². The van der Waals surface area contributed by atoms with Crippen molar-refractivity contribution in [1.82, 2.24) is 15.3 Å². The Balaban J connectivity index is 1.96. The number of aromatic nitrogens is 2. The van der Waals surface area contributed by atoms with E-state index in [4.69, 9.17) is 4.98 Å². The summed E-state index contributed by atoms with van der Waals surface area (Å²) in [5.74, 6) is 0.858. The van der Waals surface area contributed by atoms with Gasteiger partial charge in [0.05, 0.1) is 5.69 Å². The Morgan fingerprint density at radius 3 is 2.64 bits per heavy atom. The van der Waals surface area contributed by atoms with E-state index in [1.165, 1.54) is 16.7 Å². The fraction of sp³-hybridized carbons (Fsp3) is 0.444. The molecule has 0 atom stereocenters. The summed E-state index contributed by atoms with van der Waals surface area (Å²) in [6.45, 7) is 10.4. The molecule has 0 bridgehead atoms. The molecule has 22 heavy (non-hydrogen) atoms. The number of aryl methyl sites for hydroxylation is 3. The van der Waals surface area contributed by atoms with Crippen LogP contribution in [-0.4, -0.2) is 36.1 Å². The van der Waals surface area contributed by atoms with Crippen LogP contribution < -0.4 is 10.2 Å². The molecule has 0 amide bonds. The van der Waals surface area contributed by atoms with E-state index in [1.807, 2.05) is 6.92 Å². The molecule has 0 aliphatic carbocycles. The van der Waals surface area contributed by atoms with Crippen molar-refractivity contribution >= 4 is 5.95 Å². The van der Waals surface area contributed by atoms with Crippen LogP contribution in [0, 0.1) is 20.8 Å².